The van der Waals surface area contributed by atoms with Crippen LogP contribution < -0.4 is 5.32 Å². The Morgan fingerprint density at radius 3 is 2.43 bits per heavy atom. The van der Waals surface area contributed by atoms with Gasteiger partial charge in [-0.3, -0.25) is 9.47 Å². The van der Waals surface area contributed by atoms with Gasteiger partial charge in [0.15, 0.2) is 17.5 Å². The van der Waals surface area contributed by atoms with Gasteiger partial charge in [-0.25, -0.2) is 9.78 Å². The summed E-state index contributed by atoms with van der Waals surface area (Å²) in [5.41, 5.74) is 4.79. The molecular weight excluding hydrogens is 464 g/mol. The quantitative estimate of drug-likeness (QED) is 0.296. The van der Waals surface area contributed by atoms with E-state index in [1.54, 1.807) is 11.1 Å². The Hall–Kier alpha value is -4.20. The van der Waals surface area contributed by atoms with Crippen molar-refractivity contribution in [1.29, 1.82) is 0 Å². The van der Waals surface area contributed by atoms with Crippen LogP contribution in [0.1, 0.15) is 51.2 Å². The van der Waals surface area contributed by atoms with E-state index in [2.05, 4.69) is 51.7 Å². The molecule has 0 atom stereocenters. The molecule has 37 heavy (non-hydrogen) atoms. The molecule has 8 nitrogen and oxygen atoms in total. The number of benzene rings is 2. The first kappa shape index (κ1) is 23.2. The van der Waals surface area contributed by atoms with E-state index >= 15 is 0 Å². The molecule has 2 N–H and O–H groups in total. The summed E-state index contributed by atoms with van der Waals surface area (Å²) in [5.74, 6) is 2.19. The lowest BCUT2D eigenvalue weighted by Gasteiger charge is -2.54. The third-order valence-electron chi connectivity index (χ3n) is 7.51. The molecule has 0 saturated heterocycles. The molecule has 3 heterocycles. The maximum Gasteiger partial charge on any atom is 0.408 e. The van der Waals surface area contributed by atoms with Gasteiger partial charge in [-0.2, -0.15) is 0 Å². The number of anilines is 2. The minimum absolute atomic E-state index is 0.509. The smallest absolute Gasteiger partial charge is 0.408 e. The average molecular weight is 495 g/mol. The Labute approximate surface area is 216 Å². The van der Waals surface area contributed by atoms with Gasteiger partial charge in [0.2, 0.25) is 0 Å². The molecular formula is C29H30N6O2. The SMILES string of the molecule is Cc1ccc2c(c1)-c1nnc(-c3ccc(C4(N(C(=O)O)C(C)(C)C)CCC4)cc3)n1-c1cccnc1N2. The molecule has 2 aromatic heterocycles. The topological polar surface area (TPSA) is 96.2 Å². The molecule has 1 saturated carbocycles. The second-order valence-corrected chi connectivity index (χ2v) is 11.0. The predicted octanol–water partition coefficient (Wildman–Crippen LogP) is 6.52. The molecule has 0 spiro atoms. The number of hydrogen-bond acceptors (Lipinski definition) is 5. The van der Waals surface area contributed by atoms with E-state index in [1.807, 2.05) is 55.7 Å². The number of nitrogens with zero attached hydrogens (tertiary/aromatic N) is 5. The fourth-order valence-electron chi connectivity index (χ4n) is 5.82. The van der Waals surface area contributed by atoms with Crippen molar-refractivity contribution in [2.75, 3.05) is 5.32 Å². The molecule has 2 aromatic carbocycles. The summed E-state index contributed by atoms with van der Waals surface area (Å²) in [6.45, 7) is 7.94. The molecule has 2 aliphatic rings. The molecule has 0 bridgehead atoms. The van der Waals surface area contributed by atoms with Gasteiger partial charge in [0.25, 0.3) is 0 Å². The Bertz CT molecular complexity index is 1510. The van der Waals surface area contributed by atoms with Crippen molar-refractivity contribution in [3.63, 3.8) is 0 Å². The number of rotatable bonds is 3. The van der Waals surface area contributed by atoms with Gasteiger partial charge in [0, 0.05) is 22.9 Å². The highest BCUT2D eigenvalue weighted by molar-refractivity contribution is 5.85. The molecule has 1 amide bonds. The van der Waals surface area contributed by atoms with E-state index in [0.717, 1.165) is 64.5 Å². The Kier molecular flexibility index (Phi) is 5.12. The van der Waals surface area contributed by atoms with Gasteiger partial charge in [0.1, 0.15) is 0 Å². The molecule has 1 aliphatic heterocycles. The van der Waals surface area contributed by atoms with Crippen LogP contribution in [0.3, 0.4) is 0 Å². The van der Waals surface area contributed by atoms with Gasteiger partial charge in [0.05, 0.1) is 16.9 Å². The van der Waals surface area contributed by atoms with Gasteiger partial charge < -0.3 is 10.4 Å². The number of carbonyl (C=O) groups is 1. The molecule has 188 valence electrons. The largest absolute Gasteiger partial charge is 0.465 e. The lowest BCUT2D eigenvalue weighted by Crippen LogP contribution is -2.60. The average Bonchev–Trinajstić information content (AvgIpc) is 3.21. The van der Waals surface area contributed by atoms with Crippen molar-refractivity contribution < 1.29 is 9.90 Å². The maximum atomic E-state index is 12.3. The summed E-state index contributed by atoms with van der Waals surface area (Å²) < 4.78 is 2.05. The zero-order valence-electron chi connectivity index (χ0n) is 21.5. The van der Waals surface area contributed by atoms with Crippen LogP contribution in [0.2, 0.25) is 0 Å². The number of pyridine rings is 1. The van der Waals surface area contributed by atoms with E-state index in [9.17, 15) is 9.90 Å². The summed E-state index contributed by atoms with van der Waals surface area (Å²) in [4.78, 5) is 18.6. The fraction of sp³-hybridized carbons (Fsp3) is 0.310. The van der Waals surface area contributed by atoms with Crippen LogP contribution in [0.4, 0.5) is 16.3 Å². The third-order valence-corrected chi connectivity index (χ3v) is 7.51. The van der Waals surface area contributed by atoms with Crippen molar-refractivity contribution in [1.82, 2.24) is 24.6 Å². The van der Waals surface area contributed by atoms with Gasteiger partial charge in [-0.05, 0) is 76.8 Å². The number of amides is 1. The molecule has 6 rings (SSSR count). The van der Waals surface area contributed by atoms with Crippen LogP contribution in [0.15, 0.2) is 60.8 Å². The number of aromatic nitrogens is 4. The second-order valence-electron chi connectivity index (χ2n) is 11.0. The van der Waals surface area contributed by atoms with Gasteiger partial charge in [-0.1, -0.05) is 35.9 Å². The molecule has 0 radical (unpaired) electrons. The fourth-order valence-corrected chi connectivity index (χ4v) is 5.82. The maximum absolute atomic E-state index is 12.3. The molecule has 1 fully saturated rings. The van der Waals surface area contributed by atoms with Crippen LogP contribution in [0, 0.1) is 6.92 Å². The van der Waals surface area contributed by atoms with Gasteiger partial charge in [-0.15, -0.1) is 10.2 Å². The van der Waals surface area contributed by atoms with Crippen molar-refractivity contribution in [2.24, 2.45) is 0 Å². The standard InChI is InChI=1S/C29H30N6O2/c1-18-8-13-22-21(17-18)26-33-32-25(34(26)23-7-5-16-30-24(23)31-22)19-9-11-20(12-10-19)29(14-6-15-29)35(27(36)37)28(2,3)4/h5,7-13,16-17H,6,14-15H2,1-4H3,(H,30,31)(H,36,37). The van der Waals surface area contributed by atoms with Crippen molar-refractivity contribution in [2.45, 2.75) is 58.0 Å². The Balaban J connectivity index is 1.47. The highest BCUT2D eigenvalue weighted by Crippen LogP contribution is 2.50. The molecule has 4 aromatic rings. The van der Waals surface area contributed by atoms with E-state index in [4.69, 9.17) is 0 Å². The molecule has 0 unspecified atom stereocenters. The zero-order chi connectivity index (χ0) is 25.9. The number of fused-ring (bicyclic) bond motifs is 5. The summed E-state index contributed by atoms with van der Waals surface area (Å²) in [5, 5.41) is 22.8. The lowest BCUT2D eigenvalue weighted by atomic mass is 9.69. The first-order valence-electron chi connectivity index (χ1n) is 12.6. The minimum Gasteiger partial charge on any atom is -0.465 e. The second kappa shape index (κ2) is 8.16. The van der Waals surface area contributed by atoms with Gasteiger partial charge >= 0.3 is 6.09 Å². The summed E-state index contributed by atoms with van der Waals surface area (Å²) >= 11 is 0. The predicted molar refractivity (Wildman–Crippen MR) is 143 cm³/mol. The van der Waals surface area contributed by atoms with Crippen molar-refractivity contribution in [3.05, 3.63) is 71.9 Å². The monoisotopic (exact) mass is 494 g/mol. The third kappa shape index (κ3) is 3.58. The van der Waals surface area contributed by atoms with Crippen LogP contribution in [0.5, 0.6) is 0 Å². The summed E-state index contributed by atoms with van der Waals surface area (Å²) in [7, 11) is 0. The van der Waals surface area contributed by atoms with Crippen LogP contribution in [0.25, 0.3) is 28.5 Å². The van der Waals surface area contributed by atoms with Crippen LogP contribution >= 0.6 is 0 Å². The summed E-state index contributed by atoms with van der Waals surface area (Å²) in [6, 6.07) is 18.3. The highest BCUT2D eigenvalue weighted by Gasteiger charge is 2.50. The highest BCUT2D eigenvalue weighted by atomic mass is 16.4. The first-order valence-corrected chi connectivity index (χ1v) is 12.6. The Morgan fingerprint density at radius 1 is 1.05 bits per heavy atom. The van der Waals surface area contributed by atoms with E-state index < -0.39 is 17.2 Å². The van der Waals surface area contributed by atoms with E-state index in [0.29, 0.717) is 5.82 Å². The van der Waals surface area contributed by atoms with E-state index in [-0.39, 0.29) is 0 Å². The molecule has 8 heteroatoms. The molecule has 1 aliphatic carbocycles. The summed E-state index contributed by atoms with van der Waals surface area (Å²) in [6.07, 6.45) is 3.53. The first-order chi connectivity index (χ1) is 17.7. The van der Waals surface area contributed by atoms with Crippen LogP contribution in [-0.4, -0.2) is 41.4 Å². The number of aryl methyl sites for hydroxylation is 1. The lowest BCUT2D eigenvalue weighted by molar-refractivity contribution is -0.0328. The van der Waals surface area contributed by atoms with Crippen molar-refractivity contribution >= 4 is 17.6 Å². The number of hydrogen-bond donors (Lipinski definition) is 2. The van der Waals surface area contributed by atoms with Crippen molar-refractivity contribution in [3.8, 4) is 28.5 Å². The van der Waals surface area contributed by atoms with E-state index in [1.165, 1.54) is 0 Å². The Morgan fingerprint density at radius 2 is 1.78 bits per heavy atom. The number of nitrogens with one attached hydrogen (secondary N) is 1. The zero-order valence-corrected chi connectivity index (χ0v) is 21.5. The minimum atomic E-state index is -0.885. The van der Waals surface area contributed by atoms with Crippen LogP contribution in [-0.2, 0) is 5.54 Å². The normalized spacial score (nSPS) is 15.4. The number of carboxylic acid groups (broad SMARTS) is 1.